The lowest BCUT2D eigenvalue weighted by Crippen LogP contribution is -2.27. The predicted octanol–water partition coefficient (Wildman–Crippen LogP) is 5.96. The first-order valence-corrected chi connectivity index (χ1v) is 13.8. The van der Waals surface area contributed by atoms with Gasteiger partial charge in [0.15, 0.2) is 0 Å². The van der Waals surface area contributed by atoms with Crippen LogP contribution in [0.3, 0.4) is 0 Å². The molecule has 0 aliphatic carbocycles. The summed E-state index contributed by atoms with van der Waals surface area (Å²) in [6, 6.07) is 23.7. The maximum Gasteiger partial charge on any atom is 0.329 e. The predicted molar refractivity (Wildman–Crippen MR) is 159 cm³/mol. The van der Waals surface area contributed by atoms with E-state index in [0.29, 0.717) is 28.0 Å². The fourth-order valence-electron chi connectivity index (χ4n) is 4.61. The summed E-state index contributed by atoms with van der Waals surface area (Å²) in [7, 11) is 0. The molecule has 200 valence electrons. The summed E-state index contributed by atoms with van der Waals surface area (Å²) in [5, 5.41) is 20.7. The van der Waals surface area contributed by atoms with Gasteiger partial charge in [0.1, 0.15) is 40.8 Å². The van der Waals surface area contributed by atoms with Crippen LogP contribution in [0.25, 0.3) is 22.5 Å². The van der Waals surface area contributed by atoms with Gasteiger partial charge in [0, 0.05) is 20.6 Å². The lowest BCUT2D eigenvalue weighted by molar-refractivity contribution is 0.201. The number of benzene rings is 3. The van der Waals surface area contributed by atoms with Crippen molar-refractivity contribution >= 4 is 34.2 Å². The van der Waals surface area contributed by atoms with Crippen LogP contribution in [0.1, 0.15) is 30.3 Å². The summed E-state index contributed by atoms with van der Waals surface area (Å²) in [4.78, 5) is 24.2. The first kappa shape index (κ1) is 27.0. The summed E-state index contributed by atoms with van der Waals surface area (Å²) < 4.78 is 7.82. The summed E-state index contributed by atoms with van der Waals surface area (Å²) in [6.45, 7) is 2.06. The molecule has 0 radical (unpaired) electrons. The molecule has 3 aromatic carbocycles. The Labute approximate surface area is 243 Å². The van der Waals surface area contributed by atoms with E-state index >= 15 is 0 Å². The largest absolute Gasteiger partial charge is 0.493 e. The molecule has 2 unspecified atom stereocenters. The molecule has 0 saturated heterocycles. The molecule has 2 aromatic heterocycles. The molecule has 2 atom stereocenters. The summed E-state index contributed by atoms with van der Waals surface area (Å²) >= 11 is 8.87. The van der Waals surface area contributed by atoms with E-state index in [1.807, 2.05) is 61.5 Å². The summed E-state index contributed by atoms with van der Waals surface area (Å²) in [5.74, 6) is 0.526. The second kappa shape index (κ2) is 11.7. The Morgan fingerprint density at radius 1 is 1.00 bits per heavy atom. The van der Waals surface area contributed by atoms with Gasteiger partial charge in [0.2, 0.25) is 5.88 Å². The molecular weight excluding hydrogens is 631 g/mol. The van der Waals surface area contributed by atoms with Gasteiger partial charge >= 0.3 is 5.69 Å². The van der Waals surface area contributed by atoms with Crippen molar-refractivity contribution in [2.75, 3.05) is 13.2 Å². The Kier molecular flexibility index (Phi) is 8.10. The number of hydrogen-bond acceptors (Lipinski definition) is 5. The SMILES string of the molecule is CC(c1ccccc1)C(c1nc(-c2ccc(I)cc2)c(Cl)[nH]1)n1c(O)c(-c2ccc(OCCO)cc2)[nH]c1=O. The van der Waals surface area contributed by atoms with E-state index in [4.69, 9.17) is 26.4 Å². The number of imidazole rings is 2. The van der Waals surface area contributed by atoms with E-state index in [1.165, 1.54) is 4.57 Å². The summed E-state index contributed by atoms with van der Waals surface area (Å²) in [6.07, 6.45) is 0. The minimum atomic E-state index is -0.702. The monoisotopic (exact) mass is 656 g/mol. The molecule has 4 N–H and O–H groups in total. The Bertz CT molecular complexity index is 1610. The van der Waals surface area contributed by atoms with Gasteiger partial charge in [-0.3, -0.25) is 4.57 Å². The van der Waals surface area contributed by atoms with Crippen molar-refractivity contribution in [3.63, 3.8) is 0 Å². The minimum absolute atomic E-state index is 0.0955. The number of rotatable bonds is 9. The third-order valence-corrected chi connectivity index (χ3v) is 7.55. The standard InChI is InChI=1S/C29H26ClIN4O4/c1-17(18-5-3-2-4-6-18)25(27-32-23(26(30)34-27)19-7-11-21(31)12-8-19)35-28(37)24(33-29(35)38)20-9-13-22(14-10-20)39-16-15-36/h2-14,17,25,36-37H,15-16H2,1H3,(H,32,34)(H,33,38). The number of hydrogen-bond donors (Lipinski definition) is 4. The maximum absolute atomic E-state index is 13.4. The zero-order chi connectivity index (χ0) is 27.5. The van der Waals surface area contributed by atoms with Crippen LogP contribution >= 0.6 is 34.2 Å². The molecule has 2 heterocycles. The number of aromatic amines is 2. The van der Waals surface area contributed by atoms with Gasteiger partial charge in [0.05, 0.1) is 6.61 Å². The molecule has 8 nitrogen and oxygen atoms in total. The molecule has 0 amide bonds. The van der Waals surface area contributed by atoms with Gasteiger partial charge in [0.25, 0.3) is 0 Å². The summed E-state index contributed by atoms with van der Waals surface area (Å²) in [5.41, 5.74) is 2.75. The fraction of sp³-hybridized carbons (Fsp3) is 0.172. The highest BCUT2D eigenvalue weighted by Crippen LogP contribution is 2.39. The topological polar surface area (TPSA) is 116 Å². The van der Waals surface area contributed by atoms with E-state index in [9.17, 15) is 9.90 Å². The van der Waals surface area contributed by atoms with Crippen LogP contribution in [-0.2, 0) is 0 Å². The van der Waals surface area contributed by atoms with Crippen molar-refractivity contribution in [2.24, 2.45) is 0 Å². The lowest BCUT2D eigenvalue weighted by atomic mass is 9.92. The molecule has 0 aliphatic rings. The zero-order valence-corrected chi connectivity index (χ0v) is 23.8. The normalized spacial score (nSPS) is 12.8. The van der Waals surface area contributed by atoms with Crippen molar-refractivity contribution in [1.29, 1.82) is 0 Å². The zero-order valence-electron chi connectivity index (χ0n) is 20.9. The average Bonchev–Trinajstić information content (AvgIpc) is 3.48. The van der Waals surface area contributed by atoms with Crippen molar-refractivity contribution in [2.45, 2.75) is 18.9 Å². The number of H-pyrrole nitrogens is 2. The Morgan fingerprint density at radius 2 is 1.67 bits per heavy atom. The van der Waals surface area contributed by atoms with E-state index in [-0.39, 0.29) is 30.7 Å². The number of nitrogens with one attached hydrogen (secondary N) is 2. The highest BCUT2D eigenvalue weighted by molar-refractivity contribution is 14.1. The van der Waals surface area contributed by atoms with Gasteiger partial charge in [-0.2, -0.15) is 0 Å². The van der Waals surface area contributed by atoms with E-state index in [2.05, 4.69) is 32.6 Å². The second-order valence-corrected chi connectivity index (χ2v) is 10.7. The van der Waals surface area contributed by atoms with Gasteiger partial charge in [-0.15, -0.1) is 0 Å². The number of aliphatic hydroxyl groups excluding tert-OH is 1. The van der Waals surface area contributed by atoms with Crippen LogP contribution < -0.4 is 10.4 Å². The molecule has 0 spiro atoms. The number of halogens is 2. The molecule has 0 aliphatic heterocycles. The maximum atomic E-state index is 13.4. The van der Waals surface area contributed by atoms with Gasteiger partial charge in [-0.25, -0.2) is 9.78 Å². The quantitative estimate of drug-likeness (QED) is 0.146. The number of aliphatic hydroxyl groups is 1. The Morgan fingerprint density at radius 3 is 2.33 bits per heavy atom. The fourth-order valence-corrected chi connectivity index (χ4v) is 5.22. The van der Waals surface area contributed by atoms with E-state index < -0.39 is 11.7 Å². The van der Waals surface area contributed by atoms with Gasteiger partial charge in [-0.05, 0) is 64.6 Å². The first-order valence-electron chi connectivity index (χ1n) is 12.3. The van der Waals surface area contributed by atoms with Crippen LogP contribution in [0.2, 0.25) is 5.15 Å². The first-order chi connectivity index (χ1) is 18.9. The van der Waals surface area contributed by atoms with Gasteiger partial charge < -0.3 is 24.9 Å². The highest BCUT2D eigenvalue weighted by atomic mass is 127. The third-order valence-electron chi connectivity index (χ3n) is 6.56. The average molecular weight is 657 g/mol. The number of aromatic hydroxyl groups is 1. The molecule has 0 saturated carbocycles. The molecule has 10 heteroatoms. The smallest absolute Gasteiger partial charge is 0.329 e. The van der Waals surface area contributed by atoms with Crippen molar-refractivity contribution in [3.05, 3.63) is 109 Å². The molecule has 5 aromatic rings. The number of ether oxygens (including phenoxy) is 1. The van der Waals surface area contributed by atoms with Crippen LogP contribution in [-0.4, -0.2) is 42.9 Å². The van der Waals surface area contributed by atoms with Crippen LogP contribution in [0.5, 0.6) is 11.6 Å². The second-order valence-electron chi connectivity index (χ2n) is 9.03. The Hall–Kier alpha value is -3.54. The lowest BCUT2D eigenvalue weighted by Gasteiger charge is -2.24. The molecular formula is C29H26ClIN4O4. The molecule has 0 fully saturated rings. The van der Waals surface area contributed by atoms with Crippen LogP contribution in [0.15, 0.2) is 83.7 Å². The minimum Gasteiger partial charge on any atom is -0.493 e. The molecule has 0 bridgehead atoms. The van der Waals surface area contributed by atoms with Crippen molar-refractivity contribution < 1.29 is 14.9 Å². The third kappa shape index (κ3) is 5.61. The van der Waals surface area contributed by atoms with Crippen LogP contribution in [0.4, 0.5) is 0 Å². The van der Waals surface area contributed by atoms with Crippen LogP contribution in [0, 0.1) is 3.57 Å². The van der Waals surface area contributed by atoms with Gasteiger partial charge in [-0.1, -0.05) is 61.0 Å². The number of aromatic nitrogens is 4. The molecule has 39 heavy (non-hydrogen) atoms. The molecule has 5 rings (SSSR count). The van der Waals surface area contributed by atoms with Crippen molar-refractivity contribution in [3.8, 4) is 34.1 Å². The highest BCUT2D eigenvalue weighted by Gasteiger charge is 2.32. The van der Waals surface area contributed by atoms with Crippen molar-refractivity contribution in [1.82, 2.24) is 19.5 Å². The Balaban J connectivity index is 1.61. The van der Waals surface area contributed by atoms with E-state index in [1.54, 1.807) is 24.3 Å². The number of nitrogens with zero attached hydrogens (tertiary/aromatic N) is 2. The van der Waals surface area contributed by atoms with E-state index in [0.717, 1.165) is 14.7 Å².